The third-order valence-corrected chi connectivity index (χ3v) is 4.04. The summed E-state index contributed by atoms with van der Waals surface area (Å²) in [5.41, 5.74) is 4.88. The zero-order valence-corrected chi connectivity index (χ0v) is 12.3. The van der Waals surface area contributed by atoms with Crippen molar-refractivity contribution >= 4 is 7.05 Å². The lowest BCUT2D eigenvalue weighted by Gasteiger charge is -2.29. The molecule has 4 nitrogen and oxygen atoms in total. The van der Waals surface area contributed by atoms with Gasteiger partial charge in [0.25, 0.3) is 0 Å². The van der Waals surface area contributed by atoms with Crippen LogP contribution in [0.3, 0.4) is 0 Å². The summed E-state index contributed by atoms with van der Waals surface area (Å²) in [5.74, 6) is 1.01. The Morgan fingerprint density at radius 1 is 1.25 bits per heavy atom. The molecule has 1 aromatic heterocycles. The lowest BCUT2D eigenvalue weighted by Crippen LogP contribution is -2.40. The molecule has 1 aliphatic heterocycles. The van der Waals surface area contributed by atoms with E-state index in [1.54, 1.807) is 0 Å². The van der Waals surface area contributed by atoms with Gasteiger partial charge in [0.05, 0.1) is 5.69 Å². The van der Waals surface area contributed by atoms with E-state index in [-0.39, 0.29) is 7.05 Å². The van der Waals surface area contributed by atoms with Gasteiger partial charge in [-0.1, -0.05) is 6.07 Å². The Labute approximate surface area is 120 Å². The van der Waals surface area contributed by atoms with Gasteiger partial charge in [0.1, 0.15) is 5.82 Å². The molecule has 0 radical (unpaired) electrons. The molecule has 0 saturated carbocycles. The maximum atomic E-state index is 9.75. The van der Waals surface area contributed by atoms with Crippen LogP contribution in [0.15, 0.2) is 24.4 Å². The molecule has 0 fully saturated rings. The third-order valence-electron chi connectivity index (χ3n) is 4.04. The minimum Gasteiger partial charge on any atom is -0.437 e. The number of fused-ring (bicyclic) bond motifs is 1. The Hall–Kier alpha value is -1.59. The van der Waals surface area contributed by atoms with E-state index in [4.69, 9.17) is 0 Å². The fourth-order valence-corrected chi connectivity index (χ4v) is 2.91. The van der Waals surface area contributed by atoms with Gasteiger partial charge in [-0.15, -0.1) is 0 Å². The smallest absolute Gasteiger partial charge is 0.376 e. The number of benzene rings is 1. The highest BCUT2D eigenvalue weighted by molar-refractivity contribution is 6.45. The third kappa shape index (κ3) is 2.39. The molecule has 0 atom stereocenters. The van der Waals surface area contributed by atoms with Crippen molar-refractivity contribution in [1.29, 1.82) is 0 Å². The largest absolute Gasteiger partial charge is 0.437 e. The Morgan fingerprint density at radius 3 is 2.70 bits per heavy atom. The van der Waals surface area contributed by atoms with Crippen LogP contribution < -0.4 is 0 Å². The van der Waals surface area contributed by atoms with Gasteiger partial charge in [-0.25, -0.2) is 4.98 Å². The number of rotatable bonds is 2. The van der Waals surface area contributed by atoms with Crippen LogP contribution in [0.1, 0.15) is 22.6 Å². The minimum absolute atomic E-state index is 0.385. The summed E-state index contributed by atoms with van der Waals surface area (Å²) in [6, 6.07) is 6.59. The molecule has 1 aromatic carbocycles. The van der Waals surface area contributed by atoms with Crippen molar-refractivity contribution in [3.05, 3.63) is 47.0 Å². The van der Waals surface area contributed by atoms with Crippen molar-refractivity contribution in [2.24, 2.45) is 0 Å². The number of hydrogen-bond acceptors (Lipinski definition) is 3. The summed E-state index contributed by atoms with van der Waals surface area (Å²) in [4.78, 5) is 6.55. The molecule has 3 rings (SSSR count). The lowest BCUT2D eigenvalue weighted by atomic mass is 9.81. The molecule has 1 aliphatic rings. The van der Waals surface area contributed by atoms with Gasteiger partial charge < -0.3 is 14.4 Å². The van der Waals surface area contributed by atoms with E-state index in [0.29, 0.717) is 0 Å². The van der Waals surface area contributed by atoms with Crippen LogP contribution in [-0.2, 0) is 13.0 Å². The van der Waals surface area contributed by atoms with Gasteiger partial charge in [-0.3, -0.25) is 0 Å². The number of imidazole rings is 1. The molecule has 0 bridgehead atoms. The molecule has 2 aromatic rings. The van der Waals surface area contributed by atoms with Gasteiger partial charge >= 0.3 is 7.05 Å². The van der Waals surface area contributed by atoms with Crippen LogP contribution in [0.25, 0.3) is 5.69 Å². The Kier molecular flexibility index (Phi) is 3.40. The molecule has 20 heavy (non-hydrogen) atoms. The van der Waals surface area contributed by atoms with Crippen molar-refractivity contribution in [2.45, 2.75) is 33.6 Å². The van der Waals surface area contributed by atoms with E-state index in [9.17, 15) is 5.02 Å². The summed E-state index contributed by atoms with van der Waals surface area (Å²) in [7, 11) is -0.385. The normalized spacial score (nSPS) is 15.2. The molecule has 0 amide bonds. The fourth-order valence-electron chi connectivity index (χ4n) is 2.91. The van der Waals surface area contributed by atoms with Crippen molar-refractivity contribution in [3.8, 4) is 5.69 Å². The monoisotopic (exact) mass is 269 g/mol. The quantitative estimate of drug-likeness (QED) is 0.847. The maximum absolute atomic E-state index is 9.75. The number of hydrogen-bond donors (Lipinski definition) is 1. The van der Waals surface area contributed by atoms with E-state index in [1.807, 2.05) is 20.7 Å². The number of aromatic nitrogens is 2. The van der Waals surface area contributed by atoms with Gasteiger partial charge in [-0.2, -0.15) is 0 Å². The molecular weight excluding hydrogens is 249 g/mol. The van der Waals surface area contributed by atoms with Crippen molar-refractivity contribution in [2.75, 3.05) is 6.54 Å². The summed E-state index contributed by atoms with van der Waals surface area (Å²) < 4.78 is 2.12. The van der Waals surface area contributed by atoms with Crippen LogP contribution >= 0.6 is 0 Å². The van der Waals surface area contributed by atoms with Gasteiger partial charge in [0.2, 0.25) is 0 Å². The summed E-state index contributed by atoms with van der Waals surface area (Å²) in [6.45, 7) is 7.60. The molecule has 2 heterocycles. The first-order valence-corrected chi connectivity index (χ1v) is 7.11. The van der Waals surface area contributed by atoms with Gasteiger partial charge in [0.15, 0.2) is 0 Å². The zero-order chi connectivity index (χ0) is 14.3. The minimum atomic E-state index is -0.385. The van der Waals surface area contributed by atoms with Crippen LogP contribution in [0, 0.1) is 13.8 Å². The lowest BCUT2D eigenvalue weighted by molar-refractivity contribution is 0.347. The zero-order valence-electron chi connectivity index (χ0n) is 12.3. The summed E-state index contributed by atoms with van der Waals surface area (Å²) in [6.07, 6.45) is 3.06. The highest BCUT2D eigenvalue weighted by Gasteiger charge is 2.22. The SMILES string of the molecule is CB(O)N1CCc2ccc(-n3cc(C)nc3C)cc2C1. The number of aryl methyl sites for hydroxylation is 2. The topological polar surface area (TPSA) is 41.3 Å². The van der Waals surface area contributed by atoms with E-state index >= 15 is 0 Å². The highest BCUT2D eigenvalue weighted by atomic mass is 16.2. The molecule has 0 saturated heterocycles. The highest BCUT2D eigenvalue weighted by Crippen LogP contribution is 2.23. The molecule has 0 aliphatic carbocycles. The standard InChI is InChI=1S/C15H20BN3O/c1-11-9-19(12(2)17-11)15-5-4-13-6-7-18(16(3)20)10-14(13)8-15/h4-5,8-9,20H,6-7,10H2,1-3H3. The average Bonchev–Trinajstić information content (AvgIpc) is 2.76. The Bertz CT molecular complexity index is 636. The fraction of sp³-hybridized carbons (Fsp3) is 0.400. The molecule has 0 unspecified atom stereocenters. The Morgan fingerprint density at radius 2 is 2.05 bits per heavy atom. The second-order valence-corrected chi connectivity index (χ2v) is 5.60. The molecule has 104 valence electrons. The molecule has 1 N–H and O–H groups in total. The van der Waals surface area contributed by atoms with Crippen LogP contribution in [0.4, 0.5) is 0 Å². The first kappa shape index (κ1) is 13.4. The number of nitrogens with zero attached hydrogens (tertiary/aromatic N) is 3. The van der Waals surface area contributed by atoms with Gasteiger partial charge in [0, 0.05) is 18.4 Å². The van der Waals surface area contributed by atoms with Gasteiger partial charge in [-0.05, 0) is 56.9 Å². The van der Waals surface area contributed by atoms with E-state index < -0.39 is 0 Å². The summed E-state index contributed by atoms with van der Waals surface area (Å²) >= 11 is 0. The van der Waals surface area contributed by atoms with E-state index in [2.05, 4.69) is 38.8 Å². The predicted molar refractivity (Wildman–Crippen MR) is 81.0 cm³/mol. The predicted octanol–water partition coefficient (Wildman–Crippen LogP) is 1.96. The van der Waals surface area contributed by atoms with Crippen molar-refractivity contribution in [3.63, 3.8) is 0 Å². The first-order valence-electron chi connectivity index (χ1n) is 7.11. The molecule has 5 heteroatoms. The van der Waals surface area contributed by atoms with Crippen molar-refractivity contribution in [1.82, 2.24) is 14.4 Å². The van der Waals surface area contributed by atoms with Crippen LogP contribution in [-0.4, -0.2) is 33.0 Å². The maximum Gasteiger partial charge on any atom is 0.376 e. The van der Waals surface area contributed by atoms with Crippen LogP contribution in [0.2, 0.25) is 6.82 Å². The van der Waals surface area contributed by atoms with Crippen molar-refractivity contribution < 1.29 is 5.02 Å². The molecular formula is C15H20BN3O. The summed E-state index contributed by atoms with van der Waals surface area (Å²) in [5, 5.41) is 9.75. The molecule has 0 spiro atoms. The van der Waals surface area contributed by atoms with Crippen LogP contribution in [0.5, 0.6) is 0 Å². The first-order chi connectivity index (χ1) is 9.54. The second kappa shape index (κ2) is 5.07. The average molecular weight is 269 g/mol. The van der Waals surface area contributed by atoms with E-state index in [0.717, 1.165) is 36.7 Å². The second-order valence-electron chi connectivity index (χ2n) is 5.60. The Balaban J connectivity index is 1.97. The van der Waals surface area contributed by atoms with E-state index in [1.165, 1.54) is 11.1 Å².